The van der Waals surface area contributed by atoms with Crippen LogP contribution in [0, 0.1) is 11.3 Å². The van der Waals surface area contributed by atoms with Crippen LogP contribution in [0.1, 0.15) is 18.2 Å². The molecule has 1 aromatic heterocycles. The minimum Gasteiger partial charge on any atom is -0.383 e. The number of amides is 2. The molecule has 0 radical (unpaired) electrons. The molecule has 23 heavy (non-hydrogen) atoms. The maximum atomic E-state index is 12.9. The molecule has 0 unspecified atom stereocenters. The zero-order valence-electron chi connectivity index (χ0n) is 13.8. The highest BCUT2D eigenvalue weighted by atomic mass is 32.1. The lowest BCUT2D eigenvalue weighted by Crippen LogP contribution is -2.41. The highest BCUT2D eigenvalue weighted by Gasteiger charge is 2.55. The van der Waals surface area contributed by atoms with Gasteiger partial charge in [-0.3, -0.25) is 9.59 Å². The summed E-state index contributed by atoms with van der Waals surface area (Å²) in [5.74, 6) is 0.558. The van der Waals surface area contributed by atoms with Gasteiger partial charge in [0.25, 0.3) is 0 Å². The van der Waals surface area contributed by atoms with E-state index in [2.05, 4.69) is 6.92 Å². The van der Waals surface area contributed by atoms with Crippen LogP contribution in [0.2, 0.25) is 0 Å². The van der Waals surface area contributed by atoms with Gasteiger partial charge in [0.05, 0.1) is 18.4 Å². The van der Waals surface area contributed by atoms with Crippen LogP contribution in [0.3, 0.4) is 0 Å². The van der Waals surface area contributed by atoms with Crippen LogP contribution in [-0.2, 0) is 20.7 Å². The second-order valence-corrected chi connectivity index (χ2v) is 7.65. The number of hydrogen-bond acceptors (Lipinski definition) is 4. The molecule has 2 amide bonds. The SMILES string of the molecule is COCCN1CC[C@]2(CN(C(=O)Cc3cccs3)C[C@H]2C)C1=O. The molecule has 2 saturated heterocycles. The van der Waals surface area contributed by atoms with Gasteiger partial charge in [0, 0.05) is 38.2 Å². The number of carbonyl (C=O) groups excluding carboxylic acids is 2. The molecule has 0 N–H and O–H groups in total. The number of methoxy groups -OCH3 is 1. The molecule has 0 saturated carbocycles. The maximum absolute atomic E-state index is 12.9. The molecule has 3 heterocycles. The normalized spacial score (nSPS) is 27.4. The summed E-state index contributed by atoms with van der Waals surface area (Å²) in [6.45, 7) is 5.36. The first-order valence-corrected chi connectivity index (χ1v) is 9.03. The summed E-state index contributed by atoms with van der Waals surface area (Å²) in [6.07, 6.45) is 1.29. The third kappa shape index (κ3) is 3.02. The van der Waals surface area contributed by atoms with E-state index < -0.39 is 0 Å². The van der Waals surface area contributed by atoms with Crippen molar-refractivity contribution >= 4 is 23.2 Å². The van der Waals surface area contributed by atoms with Crippen LogP contribution in [0.4, 0.5) is 0 Å². The molecular weight excluding hydrogens is 312 g/mol. The molecule has 126 valence electrons. The lowest BCUT2D eigenvalue weighted by molar-refractivity contribution is -0.138. The summed E-state index contributed by atoms with van der Waals surface area (Å²) in [7, 11) is 1.65. The molecule has 6 heteroatoms. The van der Waals surface area contributed by atoms with Crippen molar-refractivity contribution in [3.8, 4) is 0 Å². The van der Waals surface area contributed by atoms with Gasteiger partial charge >= 0.3 is 0 Å². The summed E-state index contributed by atoms with van der Waals surface area (Å²) in [4.78, 5) is 30.3. The fraction of sp³-hybridized carbons (Fsp3) is 0.647. The molecule has 1 aromatic rings. The van der Waals surface area contributed by atoms with Gasteiger partial charge in [-0.15, -0.1) is 11.3 Å². The largest absolute Gasteiger partial charge is 0.383 e. The Labute approximate surface area is 141 Å². The second kappa shape index (κ2) is 6.61. The number of rotatable bonds is 5. The minimum atomic E-state index is -0.376. The first kappa shape index (κ1) is 16.5. The van der Waals surface area contributed by atoms with Crippen LogP contribution in [0.15, 0.2) is 17.5 Å². The zero-order valence-corrected chi connectivity index (χ0v) is 14.6. The van der Waals surface area contributed by atoms with Crippen LogP contribution >= 0.6 is 11.3 Å². The monoisotopic (exact) mass is 336 g/mol. The Morgan fingerprint density at radius 1 is 1.52 bits per heavy atom. The van der Waals surface area contributed by atoms with Crippen molar-refractivity contribution in [3.05, 3.63) is 22.4 Å². The Bertz CT molecular complexity index is 574. The quantitative estimate of drug-likeness (QED) is 0.821. The van der Waals surface area contributed by atoms with Crippen LogP contribution in [0.25, 0.3) is 0 Å². The summed E-state index contributed by atoms with van der Waals surface area (Å²) in [6, 6.07) is 3.96. The molecule has 0 aliphatic carbocycles. The fourth-order valence-corrected chi connectivity index (χ4v) is 4.50. The molecule has 0 aromatic carbocycles. The second-order valence-electron chi connectivity index (χ2n) is 6.62. The first-order valence-electron chi connectivity index (χ1n) is 8.15. The Kier molecular flexibility index (Phi) is 4.73. The third-order valence-electron chi connectivity index (χ3n) is 5.28. The predicted molar refractivity (Wildman–Crippen MR) is 89.3 cm³/mol. The molecule has 2 aliphatic heterocycles. The predicted octanol–water partition coefficient (Wildman–Crippen LogP) is 1.63. The van der Waals surface area contributed by atoms with E-state index in [0.717, 1.165) is 17.8 Å². The van der Waals surface area contributed by atoms with E-state index in [0.29, 0.717) is 32.7 Å². The van der Waals surface area contributed by atoms with Gasteiger partial charge in [-0.05, 0) is 23.8 Å². The molecule has 5 nitrogen and oxygen atoms in total. The third-order valence-corrected chi connectivity index (χ3v) is 6.15. The molecule has 2 aliphatic rings. The van der Waals surface area contributed by atoms with Gasteiger partial charge in [0.1, 0.15) is 0 Å². The van der Waals surface area contributed by atoms with Gasteiger partial charge < -0.3 is 14.5 Å². The van der Waals surface area contributed by atoms with E-state index in [1.54, 1.807) is 18.4 Å². The zero-order chi connectivity index (χ0) is 16.4. The van der Waals surface area contributed by atoms with Gasteiger partial charge in [-0.2, -0.15) is 0 Å². The maximum Gasteiger partial charge on any atom is 0.231 e. The number of carbonyl (C=O) groups is 2. The lowest BCUT2D eigenvalue weighted by Gasteiger charge is -2.26. The Hall–Kier alpha value is -1.40. The molecule has 0 bridgehead atoms. The number of hydrogen-bond donors (Lipinski definition) is 0. The molecule has 1 spiro atoms. The molecular formula is C17H24N2O3S. The topological polar surface area (TPSA) is 49.9 Å². The van der Waals surface area contributed by atoms with Crippen molar-refractivity contribution in [2.45, 2.75) is 19.8 Å². The van der Waals surface area contributed by atoms with Crippen LogP contribution < -0.4 is 0 Å². The molecule has 2 atom stereocenters. The van der Waals surface area contributed by atoms with Crippen LogP contribution in [-0.4, -0.2) is 61.5 Å². The van der Waals surface area contributed by atoms with Crippen molar-refractivity contribution < 1.29 is 14.3 Å². The standard InChI is InChI=1S/C17H24N2O3S/c1-13-11-19(15(20)10-14-4-3-9-23-14)12-17(13)5-6-18(16(17)21)7-8-22-2/h3-4,9,13H,5-8,10-12H2,1-2H3/t13-,17-/m1/s1. The van der Waals surface area contributed by atoms with E-state index in [4.69, 9.17) is 4.74 Å². The number of thiophene rings is 1. The molecule has 3 rings (SSSR count). The highest BCUT2D eigenvalue weighted by Crippen LogP contribution is 2.44. The van der Waals surface area contributed by atoms with Crippen LogP contribution in [0.5, 0.6) is 0 Å². The van der Waals surface area contributed by atoms with Crippen molar-refractivity contribution in [2.24, 2.45) is 11.3 Å². The average Bonchev–Trinajstić information content (AvgIpc) is 3.22. The van der Waals surface area contributed by atoms with Crippen molar-refractivity contribution in [1.82, 2.24) is 9.80 Å². The van der Waals surface area contributed by atoms with E-state index >= 15 is 0 Å². The van der Waals surface area contributed by atoms with Gasteiger partial charge in [-0.1, -0.05) is 13.0 Å². The van der Waals surface area contributed by atoms with E-state index in [9.17, 15) is 9.59 Å². The Balaban J connectivity index is 1.66. The van der Waals surface area contributed by atoms with Crippen molar-refractivity contribution in [2.75, 3.05) is 39.9 Å². The van der Waals surface area contributed by atoms with E-state index in [1.807, 2.05) is 27.3 Å². The fourth-order valence-electron chi connectivity index (χ4n) is 3.81. The summed E-state index contributed by atoms with van der Waals surface area (Å²) in [5.41, 5.74) is -0.376. The lowest BCUT2D eigenvalue weighted by atomic mass is 9.78. The van der Waals surface area contributed by atoms with Crippen molar-refractivity contribution in [3.63, 3.8) is 0 Å². The number of nitrogens with zero attached hydrogens (tertiary/aromatic N) is 2. The van der Waals surface area contributed by atoms with E-state index in [1.165, 1.54) is 0 Å². The summed E-state index contributed by atoms with van der Waals surface area (Å²) >= 11 is 1.61. The number of likely N-dealkylation sites (tertiary alicyclic amines) is 2. The van der Waals surface area contributed by atoms with Gasteiger partial charge in [0.2, 0.25) is 11.8 Å². The van der Waals surface area contributed by atoms with Crippen molar-refractivity contribution in [1.29, 1.82) is 0 Å². The smallest absolute Gasteiger partial charge is 0.231 e. The Morgan fingerprint density at radius 2 is 2.35 bits per heavy atom. The van der Waals surface area contributed by atoms with Gasteiger partial charge in [0.15, 0.2) is 0 Å². The van der Waals surface area contributed by atoms with E-state index in [-0.39, 0.29) is 23.1 Å². The molecule has 2 fully saturated rings. The highest BCUT2D eigenvalue weighted by molar-refractivity contribution is 7.10. The Morgan fingerprint density at radius 3 is 3.04 bits per heavy atom. The van der Waals surface area contributed by atoms with Gasteiger partial charge in [-0.25, -0.2) is 0 Å². The summed E-state index contributed by atoms with van der Waals surface area (Å²) < 4.78 is 5.09. The summed E-state index contributed by atoms with van der Waals surface area (Å²) in [5, 5.41) is 1.99. The first-order chi connectivity index (χ1) is 11.1. The number of ether oxygens (including phenoxy) is 1. The minimum absolute atomic E-state index is 0.138. The average molecular weight is 336 g/mol.